The summed E-state index contributed by atoms with van der Waals surface area (Å²) >= 11 is 17.9. The van der Waals surface area contributed by atoms with Gasteiger partial charge < -0.3 is 5.32 Å². The predicted octanol–water partition coefficient (Wildman–Crippen LogP) is 6.10. The molecule has 0 fully saturated rings. The second kappa shape index (κ2) is 6.17. The number of rotatable bonds is 3. The molecule has 6 heteroatoms. The molecular weight excluding hydrogens is 327 g/mol. The molecule has 1 unspecified atom stereocenters. The zero-order chi connectivity index (χ0) is 14.9. The minimum Gasteiger partial charge on any atom is -0.376 e. The quantitative estimate of drug-likeness (QED) is 0.714. The lowest BCUT2D eigenvalue weighted by Crippen LogP contribution is -2.10. The highest BCUT2D eigenvalue weighted by Gasteiger charge is 2.16. The first kappa shape index (κ1) is 15.4. The molecule has 1 atom stereocenters. The molecule has 0 heterocycles. The highest BCUT2D eigenvalue weighted by atomic mass is 35.5. The third-order valence-corrected chi connectivity index (χ3v) is 3.63. The Labute approximate surface area is 130 Å². The molecule has 1 N–H and O–H groups in total. The van der Waals surface area contributed by atoms with Crippen molar-refractivity contribution < 1.29 is 8.78 Å². The van der Waals surface area contributed by atoms with Crippen LogP contribution in [-0.4, -0.2) is 0 Å². The smallest absolute Gasteiger partial charge is 0.164 e. The van der Waals surface area contributed by atoms with Gasteiger partial charge in [0.15, 0.2) is 11.6 Å². The number of nitrogens with one attached hydrogen (secondary N) is 1. The van der Waals surface area contributed by atoms with E-state index in [1.54, 1.807) is 6.92 Å². The first-order chi connectivity index (χ1) is 9.40. The van der Waals surface area contributed by atoms with Crippen LogP contribution in [0, 0.1) is 11.6 Å². The second-order valence-electron chi connectivity index (χ2n) is 4.25. The van der Waals surface area contributed by atoms with Gasteiger partial charge in [-0.15, -0.1) is 0 Å². The van der Waals surface area contributed by atoms with Crippen LogP contribution < -0.4 is 5.32 Å². The Bertz CT molecular complexity index is 623. The molecule has 0 saturated heterocycles. The van der Waals surface area contributed by atoms with E-state index in [-0.39, 0.29) is 5.56 Å². The Kier molecular flexibility index (Phi) is 4.74. The van der Waals surface area contributed by atoms with Gasteiger partial charge in [-0.3, -0.25) is 0 Å². The van der Waals surface area contributed by atoms with Crippen LogP contribution >= 0.6 is 34.8 Å². The molecule has 106 valence electrons. The van der Waals surface area contributed by atoms with Gasteiger partial charge >= 0.3 is 0 Å². The van der Waals surface area contributed by atoms with Crippen LogP contribution in [0.4, 0.5) is 14.5 Å². The van der Waals surface area contributed by atoms with Crippen LogP contribution in [0.5, 0.6) is 0 Å². The maximum Gasteiger partial charge on any atom is 0.164 e. The summed E-state index contributed by atoms with van der Waals surface area (Å²) in [5, 5.41) is 3.98. The Hall–Kier alpha value is -1.03. The molecule has 0 saturated carbocycles. The Morgan fingerprint density at radius 1 is 1.05 bits per heavy atom. The van der Waals surface area contributed by atoms with Crippen molar-refractivity contribution in [1.82, 2.24) is 0 Å². The average Bonchev–Trinajstić information content (AvgIpc) is 2.36. The Balaban J connectivity index is 2.33. The molecule has 0 aliphatic heterocycles. The number of hydrogen-bond acceptors (Lipinski definition) is 1. The van der Waals surface area contributed by atoms with Crippen molar-refractivity contribution in [1.29, 1.82) is 0 Å². The van der Waals surface area contributed by atoms with Gasteiger partial charge in [-0.05, 0) is 25.1 Å². The fourth-order valence-corrected chi connectivity index (χ4v) is 2.76. The van der Waals surface area contributed by atoms with Gasteiger partial charge in [0.05, 0.1) is 21.8 Å². The Morgan fingerprint density at radius 2 is 1.65 bits per heavy atom. The van der Waals surface area contributed by atoms with Crippen LogP contribution in [0.3, 0.4) is 0 Å². The van der Waals surface area contributed by atoms with Gasteiger partial charge in [-0.25, -0.2) is 8.78 Å². The minimum absolute atomic E-state index is 0.187. The minimum atomic E-state index is -0.899. The zero-order valence-electron chi connectivity index (χ0n) is 10.4. The fraction of sp³-hybridized carbons (Fsp3) is 0.143. The highest BCUT2D eigenvalue weighted by molar-refractivity contribution is 6.41. The van der Waals surface area contributed by atoms with E-state index in [0.717, 1.165) is 6.07 Å². The summed E-state index contributed by atoms with van der Waals surface area (Å²) in [4.78, 5) is 0. The summed E-state index contributed by atoms with van der Waals surface area (Å²) in [6.45, 7) is 1.68. The first-order valence-electron chi connectivity index (χ1n) is 5.75. The Morgan fingerprint density at radius 3 is 2.25 bits per heavy atom. The fourth-order valence-electron chi connectivity index (χ4n) is 1.83. The molecule has 0 spiro atoms. The largest absolute Gasteiger partial charge is 0.376 e. The summed E-state index contributed by atoms with van der Waals surface area (Å²) in [6.07, 6.45) is 0. The number of benzene rings is 2. The molecule has 0 aliphatic carbocycles. The van der Waals surface area contributed by atoms with Crippen molar-refractivity contribution in [2.45, 2.75) is 13.0 Å². The van der Waals surface area contributed by atoms with E-state index in [1.807, 2.05) is 0 Å². The summed E-state index contributed by atoms with van der Waals surface area (Å²) < 4.78 is 26.9. The van der Waals surface area contributed by atoms with Gasteiger partial charge in [0.2, 0.25) is 0 Å². The van der Waals surface area contributed by atoms with Crippen molar-refractivity contribution in [3.05, 3.63) is 62.6 Å². The van der Waals surface area contributed by atoms with E-state index in [9.17, 15) is 8.78 Å². The molecule has 0 radical (unpaired) electrons. The topological polar surface area (TPSA) is 12.0 Å². The zero-order valence-corrected chi connectivity index (χ0v) is 12.6. The molecular formula is C14H10Cl3F2N. The van der Waals surface area contributed by atoms with Gasteiger partial charge in [-0.2, -0.15) is 0 Å². The molecule has 0 aromatic heterocycles. The van der Waals surface area contributed by atoms with E-state index in [1.165, 1.54) is 24.3 Å². The molecule has 0 bridgehead atoms. The van der Waals surface area contributed by atoms with Crippen LogP contribution in [0.2, 0.25) is 15.1 Å². The van der Waals surface area contributed by atoms with Gasteiger partial charge in [-0.1, -0.05) is 46.9 Å². The van der Waals surface area contributed by atoms with E-state index in [0.29, 0.717) is 20.8 Å². The maximum atomic E-state index is 13.7. The summed E-state index contributed by atoms with van der Waals surface area (Å²) in [7, 11) is 0. The monoisotopic (exact) mass is 335 g/mol. The summed E-state index contributed by atoms with van der Waals surface area (Å²) in [5.74, 6) is -1.79. The van der Waals surface area contributed by atoms with E-state index >= 15 is 0 Å². The molecule has 2 rings (SSSR count). The molecule has 2 aromatic carbocycles. The van der Waals surface area contributed by atoms with Crippen molar-refractivity contribution in [2.24, 2.45) is 0 Å². The van der Waals surface area contributed by atoms with Crippen LogP contribution in [0.25, 0.3) is 0 Å². The van der Waals surface area contributed by atoms with Gasteiger partial charge in [0.1, 0.15) is 0 Å². The number of hydrogen-bond donors (Lipinski definition) is 1. The van der Waals surface area contributed by atoms with E-state index < -0.39 is 17.7 Å². The van der Waals surface area contributed by atoms with Gasteiger partial charge in [0, 0.05) is 10.6 Å². The molecule has 20 heavy (non-hydrogen) atoms. The highest BCUT2D eigenvalue weighted by Crippen LogP contribution is 2.36. The number of anilines is 1. The van der Waals surface area contributed by atoms with Crippen molar-refractivity contribution in [2.75, 3.05) is 5.32 Å². The third-order valence-electron chi connectivity index (χ3n) is 2.82. The first-order valence-corrected chi connectivity index (χ1v) is 6.88. The van der Waals surface area contributed by atoms with Crippen molar-refractivity contribution >= 4 is 40.5 Å². The summed E-state index contributed by atoms with van der Waals surface area (Å²) in [5.41, 5.74) is 0.612. The van der Waals surface area contributed by atoms with Crippen LogP contribution in [0.15, 0.2) is 30.3 Å². The molecule has 0 amide bonds. The average molecular weight is 337 g/mol. The number of halogens is 5. The van der Waals surface area contributed by atoms with Crippen LogP contribution in [-0.2, 0) is 0 Å². The van der Waals surface area contributed by atoms with E-state index in [4.69, 9.17) is 34.8 Å². The lowest BCUT2D eigenvalue weighted by atomic mass is 10.1. The standard InChI is InChI=1S/C14H10Cl3F2N/c1-7(9-3-2-4-12(18)13(9)19)20-14-10(16)5-8(15)6-11(14)17/h2-7,20H,1H3. The van der Waals surface area contributed by atoms with Crippen molar-refractivity contribution in [3.8, 4) is 0 Å². The predicted molar refractivity (Wildman–Crippen MR) is 79.9 cm³/mol. The SMILES string of the molecule is CC(Nc1c(Cl)cc(Cl)cc1Cl)c1cccc(F)c1F. The van der Waals surface area contributed by atoms with Crippen LogP contribution in [0.1, 0.15) is 18.5 Å². The van der Waals surface area contributed by atoms with Crippen molar-refractivity contribution in [3.63, 3.8) is 0 Å². The second-order valence-corrected chi connectivity index (χ2v) is 5.50. The van der Waals surface area contributed by atoms with E-state index in [2.05, 4.69) is 5.32 Å². The molecule has 2 aromatic rings. The lowest BCUT2D eigenvalue weighted by Gasteiger charge is -2.18. The van der Waals surface area contributed by atoms with Gasteiger partial charge in [0.25, 0.3) is 0 Å². The molecule has 0 aliphatic rings. The third kappa shape index (κ3) is 3.17. The lowest BCUT2D eigenvalue weighted by molar-refractivity contribution is 0.494. The molecule has 1 nitrogen and oxygen atoms in total. The normalized spacial score (nSPS) is 12.3. The summed E-state index contributed by atoms with van der Waals surface area (Å²) in [6, 6.07) is 6.53. The maximum absolute atomic E-state index is 13.7.